The number of carbonyl (C=O) groups is 1. The molecule has 0 amide bonds. The first kappa shape index (κ1) is 19.9. The smallest absolute Gasteiger partial charge is 0.315 e. The van der Waals surface area contributed by atoms with Gasteiger partial charge < -0.3 is 4.74 Å². The van der Waals surface area contributed by atoms with Crippen molar-refractivity contribution in [1.82, 2.24) is 0 Å². The molecule has 2 rings (SSSR count). The van der Waals surface area contributed by atoms with Crippen molar-refractivity contribution in [2.75, 3.05) is 7.11 Å². The lowest BCUT2D eigenvalue weighted by Crippen LogP contribution is -2.35. The van der Waals surface area contributed by atoms with Gasteiger partial charge in [-0.15, -0.1) is 0 Å². The molecule has 3 atom stereocenters. The zero-order valence-electron chi connectivity index (χ0n) is 15.5. The molecule has 1 aromatic carbocycles. The van der Waals surface area contributed by atoms with Crippen molar-refractivity contribution in [1.29, 1.82) is 0 Å². The Morgan fingerprint density at radius 1 is 1.12 bits per heavy atom. The summed E-state index contributed by atoms with van der Waals surface area (Å²) in [7, 11) is 1.20. The first-order chi connectivity index (χ1) is 12.0. The van der Waals surface area contributed by atoms with Crippen LogP contribution in [0.25, 0.3) is 0 Å². The number of esters is 1. The molecule has 0 heterocycles. The number of rotatable bonds is 7. The van der Waals surface area contributed by atoms with Gasteiger partial charge in [0.1, 0.15) is 5.92 Å². The minimum atomic E-state index is -2.71. The Kier molecular flexibility index (Phi) is 7.39. The predicted molar refractivity (Wildman–Crippen MR) is 96.0 cm³/mol. The second-order valence-corrected chi connectivity index (χ2v) is 7.28. The Morgan fingerprint density at radius 3 is 2.16 bits per heavy atom. The molecular weight excluding hydrogens is 322 g/mol. The first-order valence-electron chi connectivity index (χ1n) is 9.45. The maximum atomic E-state index is 13.8. The van der Waals surface area contributed by atoms with Gasteiger partial charge in [0.15, 0.2) is 0 Å². The van der Waals surface area contributed by atoms with Gasteiger partial charge in [0.25, 0.3) is 6.43 Å². The van der Waals surface area contributed by atoms with E-state index in [1.807, 2.05) is 24.3 Å². The third-order valence-electron chi connectivity index (χ3n) is 5.79. The van der Waals surface area contributed by atoms with Crippen LogP contribution in [0.3, 0.4) is 0 Å². The lowest BCUT2D eigenvalue weighted by molar-refractivity contribution is -0.153. The Balaban J connectivity index is 2.37. The summed E-state index contributed by atoms with van der Waals surface area (Å²) < 4.78 is 32.3. The largest absolute Gasteiger partial charge is 0.469 e. The first-order valence-corrected chi connectivity index (χ1v) is 9.45. The van der Waals surface area contributed by atoms with Crippen LogP contribution in [0.4, 0.5) is 8.78 Å². The van der Waals surface area contributed by atoms with E-state index in [4.69, 9.17) is 4.74 Å². The van der Waals surface area contributed by atoms with E-state index in [1.54, 1.807) is 0 Å². The van der Waals surface area contributed by atoms with Crippen molar-refractivity contribution in [3.8, 4) is 0 Å². The molecular formula is C21H30F2O2. The molecule has 0 bridgehead atoms. The van der Waals surface area contributed by atoms with E-state index < -0.39 is 24.2 Å². The highest BCUT2D eigenvalue weighted by molar-refractivity contribution is 5.74. The number of hydrogen-bond donors (Lipinski definition) is 0. The van der Waals surface area contributed by atoms with Crippen molar-refractivity contribution in [2.24, 2.45) is 11.8 Å². The number of halogens is 2. The van der Waals surface area contributed by atoms with Gasteiger partial charge in [0.2, 0.25) is 0 Å². The van der Waals surface area contributed by atoms with Gasteiger partial charge in [-0.3, -0.25) is 4.79 Å². The van der Waals surface area contributed by atoms with Crippen molar-refractivity contribution in [2.45, 2.75) is 70.6 Å². The van der Waals surface area contributed by atoms with Crippen LogP contribution < -0.4 is 0 Å². The van der Waals surface area contributed by atoms with Gasteiger partial charge in [-0.1, -0.05) is 57.4 Å². The van der Waals surface area contributed by atoms with E-state index in [9.17, 15) is 13.6 Å². The summed E-state index contributed by atoms with van der Waals surface area (Å²) in [5.74, 6) is -2.10. The maximum absolute atomic E-state index is 13.8. The summed E-state index contributed by atoms with van der Waals surface area (Å²) in [5.41, 5.74) is 2.05. The standard InChI is InChI=1S/C21H30F2O2/c1-4-14(2)15-10-12-17(13-11-15)18(16-8-6-5-7-9-16)19(20(22)23)21(24)25-3/h10-14,16,18-20H,4-9H2,1-3H3. The fourth-order valence-corrected chi connectivity index (χ4v) is 4.09. The van der Waals surface area contributed by atoms with E-state index in [1.165, 1.54) is 12.7 Å². The molecule has 0 spiro atoms. The van der Waals surface area contributed by atoms with Crippen molar-refractivity contribution >= 4 is 5.97 Å². The molecule has 1 aliphatic carbocycles. The second-order valence-electron chi connectivity index (χ2n) is 7.28. The number of alkyl halides is 2. The topological polar surface area (TPSA) is 26.3 Å². The quantitative estimate of drug-likeness (QED) is 0.570. The number of hydrogen-bond acceptors (Lipinski definition) is 2. The minimum absolute atomic E-state index is 0.112. The summed E-state index contributed by atoms with van der Waals surface area (Å²) in [6.45, 7) is 4.29. The zero-order valence-corrected chi connectivity index (χ0v) is 15.5. The highest BCUT2D eigenvalue weighted by Gasteiger charge is 2.42. The third kappa shape index (κ3) is 4.80. The lowest BCUT2D eigenvalue weighted by atomic mass is 9.70. The summed E-state index contributed by atoms with van der Waals surface area (Å²) in [5, 5.41) is 0. The number of carbonyl (C=O) groups excluding carboxylic acids is 1. The van der Waals surface area contributed by atoms with Crippen LogP contribution in [0.1, 0.15) is 75.3 Å². The Labute approximate surface area is 150 Å². The van der Waals surface area contributed by atoms with Gasteiger partial charge >= 0.3 is 5.97 Å². The predicted octanol–water partition coefficient (Wildman–Crippen LogP) is 5.92. The van der Waals surface area contributed by atoms with Crippen LogP contribution >= 0.6 is 0 Å². The van der Waals surface area contributed by atoms with E-state index in [-0.39, 0.29) is 5.92 Å². The molecule has 1 aromatic rings. The van der Waals surface area contributed by atoms with Gasteiger partial charge in [0, 0.05) is 5.92 Å². The molecule has 0 saturated heterocycles. The highest BCUT2D eigenvalue weighted by Crippen LogP contribution is 2.43. The molecule has 1 saturated carbocycles. The van der Waals surface area contributed by atoms with Crippen molar-refractivity contribution < 1.29 is 18.3 Å². The second kappa shape index (κ2) is 9.30. The minimum Gasteiger partial charge on any atom is -0.469 e. The van der Waals surface area contributed by atoms with Crippen LogP contribution in [0.5, 0.6) is 0 Å². The molecule has 0 aliphatic heterocycles. The van der Waals surface area contributed by atoms with Crippen LogP contribution in [-0.4, -0.2) is 19.5 Å². The SMILES string of the molecule is CCC(C)c1ccc(C(C2CCCCC2)C(C(=O)OC)C(F)F)cc1. The normalized spacial score (nSPS) is 19.4. The summed E-state index contributed by atoms with van der Waals surface area (Å²) >= 11 is 0. The molecule has 3 unspecified atom stereocenters. The molecule has 0 aromatic heterocycles. The van der Waals surface area contributed by atoms with Gasteiger partial charge in [-0.2, -0.15) is 0 Å². The zero-order chi connectivity index (χ0) is 18.4. The number of ether oxygens (including phenoxy) is 1. The average Bonchev–Trinajstić information content (AvgIpc) is 2.65. The van der Waals surface area contributed by atoms with E-state index in [0.717, 1.165) is 44.1 Å². The molecule has 0 radical (unpaired) electrons. The molecule has 0 N–H and O–H groups in total. The van der Waals surface area contributed by atoms with Crippen molar-refractivity contribution in [3.63, 3.8) is 0 Å². The van der Waals surface area contributed by atoms with Gasteiger partial charge in [-0.25, -0.2) is 8.78 Å². The number of methoxy groups -OCH3 is 1. The Hall–Kier alpha value is -1.45. The molecule has 4 heteroatoms. The van der Waals surface area contributed by atoms with Crippen LogP contribution in [0.2, 0.25) is 0 Å². The summed E-state index contributed by atoms with van der Waals surface area (Å²) in [4.78, 5) is 12.1. The summed E-state index contributed by atoms with van der Waals surface area (Å²) in [6.07, 6.45) is 3.36. The number of benzene rings is 1. The fourth-order valence-electron chi connectivity index (χ4n) is 4.09. The molecule has 1 fully saturated rings. The monoisotopic (exact) mass is 352 g/mol. The summed E-state index contributed by atoms with van der Waals surface area (Å²) in [6, 6.07) is 7.94. The maximum Gasteiger partial charge on any atom is 0.315 e. The average molecular weight is 352 g/mol. The molecule has 25 heavy (non-hydrogen) atoms. The van der Waals surface area contributed by atoms with Crippen LogP contribution in [0.15, 0.2) is 24.3 Å². The third-order valence-corrected chi connectivity index (χ3v) is 5.79. The van der Waals surface area contributed by atoms with Crippen LogP contribution in [0, 0.1) is 11.8 Å². The van der Waals surface area contributed by atoms with Crippen molar-refractivity contribution in [3.05, 3.63) is 35.4 Å². The van der Waals surface area contributed by atoms with E-state index >= 15 is 0 Å². The highest BCUT2D eigenvalue weighted by atomic mass is 19.3. The van der Waals surface area contributed by atoms with Crippen LogP contribution in [-0.2, 0) is 9.53 Å². The molecule has 2 nitrogen and oxygen atoms in total. The Bertz CT molecular complexity index is 535. The fraction of sp³-hybridized carbons (Fsp3) is 0.667. The lowest BCUT2D eigenvalue weighted by Gasteiger charge is -2.35. The van der Waals surface area contributed by atoms with E-state index in [2.05, 4.69) is 13.8 Å². The molecule has 140 valence electrons. The van der Waals surface area contributed by atoms with Gasteiger partial charge in [0.05, 0.1) is 7.11 Å². The molecule has 1 aliphatic rings. The van der Waals surface area contributed by atoms with Gasteiger partial charge in [-0.05, 0) is 42.2 Å². The Morgan fingerprint density at radius 2 is 1.68 bits per heavy atom. The van der Waals surface area contributed by atoms with E-state index in [0.29, 0.717) is 5.92 Å².